The molecule has 0 aromatic heterocycles. The molecule has 0 heteroatoms. The minimum atomic E-state index is 1.05. The van der Waals surface area contributed by atoms with Crippen LogP contribution in [0.1, 0.15) is 38.5 Å². The second-order valence-electron chi connectivity index (χ2n) is 4.59. The second-order valence-corrected chi connectivity index (χ2v) is 4.59. The molecule has 0 bridgehead atoms. The Morgan fingerprint density at radius 2 is 1.82 bits per heavy atom. The van der Waals surface area contributed by atoms with Crippen LogP contribution in [0, 0.1) is 17.8 Å². The van der Waals surface area contributed by atoms with Gasteiger partial charge >= 0.3 is 0 Å². The van der Waals surface area contributed by atoms with Crippen molar-refractivity contribution in [1.29, 1.82) is 0 Å². The lowest BCUT2D eigenvalue weighted by atomic mass is 9.65. The first kappa shape index (κ1) is 6.28. The molecule has 0 amide bonds. The molecule has 0 spiro atoms. The molecule has 0 N–H and O–H groups in total. The van der Waals surface area contributed by atoms with Gasteiger partial charge in [0.05, 0.1) is 0 Å². The van der Waals surface area contributed by atoms with E-state index >= 15 is 0 Å². The molecule has 0 aromatic rings. The van der Waals surface area contributed by atoms with E-state index in [-0.39, 0.29) is 0 Å². The molecule has 60 valence electrons. The van der Waals surface area contributed by atoms with E-state index in [1.807, 2.05) is 5.57 Å². The van der Waals surface area contributed by atoms with E-state index in [0.717, 1.165) is 17.8 Å². The van der Waals surface area contributed by atoms with Crippen molar-refractivity contribution in [2.75, 3.05) is 0 Å². The van der Waals surface area contributed by atoms with Crippen molar-refractivity contribution in [1.82, 2.24) is 0 Å². The Bertz CT molecular complexity index is 198. The smallest absolute Gasteiger partial charge is 0.0203 e. The molecule has 3 aliphatic carbocycles. The summed E-state index contributed by atoms with van der Waals surface area (Å²) < 4.78 is 0. The summed E-state index contributed by atoms with van der Waals surface area (Å²) in [7, 11) is 0. The molecule has 3 rings (SSSR count). The van der Waals surface area contributed by atoms with Crippen LogP contribution < -0.4 is 0 Å². The van der Waals surface area contributed by atoms with Gasteiger partial charge in [0.2, 0.25) is 0 Å². The zero-order valence-corrected chi connectivity index (χ0v) is 7.05. The van der Waals surface area contributed by atoms with Gasteiger partial charge in [-0.25, -0.2) is 0 Å². The fourth-order valence-corrected chi connectivity index (χ4v) is 2.69. The van der Waals surface area contributed by atoms with Crippen LogP contribution in [0.4, 0.5) is 0 Å². The van der Waals surface area contributed by atoms with Crippen molar-refractivity contribution in [2.45, 2.75) is 38.5 Å². The highest BCUT2D eigenvalue weighted by atomic mass is 14.4. The highest BCUT2D eigenvalue weighted by molar-refractivity contribution is 5.18. The first-order chi connectivity index (χ1) is 5.43. The maximum Gasteiger partial charge on any atom is -0.0203 e. The standard InChI is InChI=1S/C11H16/c1-2-8(1)10-5-3-9-4-6-11(9)7-10/h5,8-9,11H,1-4,6-7H2. The van der Waals surface area contributed by atoms with Crippen molar-refractivity contribution >= 4 is 0 Å². The van der Waals surface area contributed by atoms with Gasteiger partial charge in [0.25, 0.3) is 0 Å². The lowest BCUT2D eigenvalue weighted by Gasteiger charge is -2.40. The Morgan fingerprint density at radius 3 is 2.36 bits per heavy atom. The first-order valence-corrected chi connectivity index (χ1v) is 5.12. The van der Waals surface area contributed by atoms with Crippen LogP contribution in [-0.4, -0.2) is 0 Å². The molecule has 0 aliphatic heterocycles. The number of hydrogen-bond acceptors (Lipinski definition) is 0. The fraction of sp³-hybridized carbons (Fsp3) is 0.818. The molecule has 2 fully saturated rings. The molecular weight excluding hydrogens is 132 g/mol. The molecule has 0 radical (unpaired) electrons. The lowest BCUT2D eigenvalue weighted by molar-refractivity contribution is 0.164. The summed E-state index contributed by atoms with van der Waals surface area (Å²) in [5.74, 6) is 3.28. The maximum atomic E-state index is 2.57. The van der Waals surface area contributed by atoms with Crippen LogP contribution in [0.25, 0.3) is 0 Å². The Labute approximate surface area is 68.7 Å². The van der Waals surface area contributed by atoms with Gasteiger partial charge in [0.1, 0.15) is 0 Å². The van der Waals surface area contributed by atoms with E-state index in [1.54, 1.807) is 0 Å². The molecule has 2 saturated carbocycles. The Hall–Kier alpha value is -0.260. The molecule has 0 aromatic carbocycles. The molecule has 3 aliphatic rings. The summed E-state index contributed by atoms with van der Waals surface area (Å²) >= 11 is 0. The lowest BCUT2D eigenvalue weighted by Crippen LogP contribution is -2.28. The number of fused-ring (bicyclic) bond motifs is 1. The van der Waals surface area contributed by atoms with Gasteiger partial charge in [0, 0.05) is 0 Å². The molecule has 11 heavy (non-hydrogen) atoms. The van der Waals surface area contributed by atoms with E-state index in [4.69, 9.17) is 0 Å². The molecule has 0 saturated heterocycles. The predicted octanol–water partition coefficient (Wildman–Crippen LogP) is 3.14. The van der Waals surface area contributed by atoms with Gasteiger partial charge < -0.3 is 0 Å². The summed E-state index contributed by atoms with van der Waals surface area (Å²) in [5, 5.41) is 0. The third-order valence-electron chi connectivity index (χ3n) is 3.86. The highest BCUT2D eigenvalue weighted by Gasteiger charge is 2.37. The van der Waals surface area contributed by atoms with Gasteiger partial charge in [-0.15, -0.1) is 0 Å². The van der Waals surface area contributed by atoms with Crippen molar-refractivity contribution < 1.29 is 0 Å². The summed E-state index contributed by atoms with van der Waals surface area (Å²) in [5.41, 5.74) is 1.84. The normalized spacial score (nSPS) is 42.4. The Kier molecular flexibility index (Phi) is 1.21. The van der Waals surface area contributed by atoms with E-state index < -0.39 is 0 Å². The minimum Gasteiger partial charge on any atom is -0.0848 e. The SMILES string of the molecule is C1=C(C2CC2)CC2CCC2C1. The first-order valence-electron chi connectivity index (χ1n) is 5.12. The van der Waals surface area contributed by atoms with Crippen molar-refractivity contribution in [3.8, 4) is 0 Å². The molecule has 0 nitrogen and oxygen atoms in total. The quantitative estimate of drug-likeness (QED) is 0.501. The highest BCUT2D eigenvalue weighted by Crippen LogP contribution is 2.49. The zero-order chi connectivity index (χ0) is 7.26. The Balaban J connectivity index is 1.75. The fourth-order valence-electron chi connectivity index (χ4n) is 2.69. The minimum absolute atomic E-state index is 1.05. The van der Waals surface area contributed by atoms with Gasteiger partial charge in [-0.1, -0.05) is 11.6 Å². The maximum absolute atomic E-state index is 2.57. The summed E-state index contributed by atoms with van der Waals surface area (Å²) in [6.07, 6.45) is 11.5. The van der Waals surface area contributed by atoms with E-state index in [9.17, 15) is 0 Å². The third kappa shape index (κ3) is 0.953. The summed E-state index contributed by atoms with van der Waals surface area (Å²) in [6.45, 7) is 0. The zero-order valence-electron chi connectivity index (χ0n) is 7.05. The van der Waals surface area contributed by atoms with Crippen molar-refractivity contribution in [3.05, 3.63) is 11.6 Å². The van der Waals surface area contributed by atoms with E-state index in [0.29, 0.717) is 0 Å². The van der Waals surface area contributed by atoms with Crippen molar-refractivity contribution in [3.63, 3.8) is 0 Å². The summed E-state index contributed by atoms with van der Waals surface area (Å²) in [4.78, 5) is 0. The predicted molar refractivity (Wildman–Crippen MR) is 46.3 cm³/mol. The van der Waals surface area contributed by atoms with E-state index in [2.05, 4.69) is 6.08 Å². The van der Waals surface area contributed by atoms with E-state index in [1.165, 1.54) is 38.5 Å². The molecule has 2 unspecified atom stereocenters. The summed E-state index contributed by atoms with van der Waals surface area (Å²) in [6, 6.07) is 0. The second kappa shape index (κ2) is 2.12. The van der Waals surface area contributed by atoms with Crippen LogP contribution in [0.5, 0.6) is 0 Å². The monoisotopic (exact) mass is 148 g/mol. The molecule has 0 heterocycles. The van der Waals surface area contributed by atoms with Gasteiger partial charge in [0.15, 0.2) is 0 Å². The van der Waals surface area contributed by atoms with Gasteiger partial charge in [-0.3, -0.25) is 0 Å². The average Bonchev–Trinajstić information content (AvgIpc) is 2.74. The van der Waals surface area contributed by atoms with Gasteiger partial charge in [-0.05, 0) is 56.3 Å². The van der Waals surface area contributed by atoms with Crippen LogP contribution >= 0.6 is 0 Å². The third-order valence-corrected chi connectivity index (χ3v) is 3.86. The van der Waals surface area contributed by atoms with Crippen LogP contribution in [-0.2, 0) is 0 Å². The van der Waals surface area contributed by atoms with Crippen LogP contribution in [0.15, 0.2) is 11.6 Å². The van der Waals surface area contributed by atoms with Crippen LogP contribution in [0.2, 0.25) is 0 Å². The topological polar surface area (TPSA) is 0 Å². The number of allylic oxidation sites excluding steroid dienone is 2. The largest absolute Gasteiger partial charge is 0.0848 e. The average molecular weight is 148 g/mol. The number of rotatable bonds is 1. The van der Waals surface area contributed by atoms with Crippen molar-refractivity contribution in [2.24, 2.45) is 17.8 Å². The Morgan fingerprint density at radius 1 is 1.00 bits per heavy atom. The molecular formula is C11H16. The number of hydrogen-bond donors (Lipinski definition) is 0. The van der Waals surface area contributed by atoms with Crippen LogP contribution in [0.3, 0.4) is 0 Å². The molecule has 2 atom stereocenters. The van der Waals surface area contributed by atoms with Gasteiger partial charge in [-0.2, -0.15) is 0 Å².